The van der Waals surface area contributed by atoms with Crippen molar-refractivity contribution >= 4 is 34.5 Å². The van der Waals surface area contributed by atoms with Gasteiger partial charge in [-0.05, 0) is 37.0 Å². The smallest absolute Gasteiger partial charge is 0.389 e. The van der Waals surface area contributed by atoms with Crippen molar-refractivity contribution in [3.05, 3.63) is 59.0 Å². The number of rotatable bonds is 8. The number of nitrogen functional groups attached to an aromatic ring is 1. The molecule has 10 nitrogen and oxygen atoms in total. The number of carboxylic acids is 1. The number of nitrogens with two attached hydrogens (primary N) is 1. The number of fused-ring (bicyclic) bond motifs is 2. The van der Waals surface area contributed by atoms with Gasteiger partial charge in [0.1, 0.15) is 28.6 Å². The number of hydrogen-bond donors (Lipinski definition) is 3. The summed E-state index contributed by atoms with van der Waals surface area (Å²) < 4.78 is 53.4. The van der Waals surface area contributed by atoms with Gasteiger partial charge in [0.2, 0.25) is 5.91 Å². The van der Waals surface area contributed by atoms with Gasteiger partial charge in [0, 0.05) is 19.4 Å². The van der Waals surface area contributed by atoms with Crippen LogP contribution in [0.3, 0.4) is 0 Å². The molecular formula is C26H23F4N7O3. The third-order valence-electron chi connectivity index (χ3n) is 6.88. The molecule has 4 N–H and O–H groups in total. The van der Waals surface area contributed by atoms with E-state index in [2.05, 4.69) is 25.4 Å². The summed E-state index contributed by atoms with van der Waals surface area (Å²) in [4.78, 5) is 36.9. The average molecular weight is 558 g/mol. The number of pyridine rings is 1. The molecule has 3 aromatic heterocycles. The Morgan fingerprint density at radius 3 is 2.60 bits per heavy atom. The molecule has 0 aliphatic carbocycles. The van der Waals surface area contributed by atoms with Gasteiger partial charge >= 0.3 is 12.1 Å². The number of carbonyl (C=O) groups excluding carboxylic acids is 1. The number of hydrogen-bond acceptors (Lipinski definition) is 7. The molecule has 1 aromatic carbocycles. The number of nitrogens with one attached hydrogen (secondary N) is 1. The van der Waals surface area contributed by atoms with Crippen molar-refractivity contribution < 1.29 is 32.3 Å². The normalized spacial score (nSPS) is 16.8. The highest BCUT2D eigenvalue weighted by atomic mass is 19.4. The molecule has 0 radical (unpaired) electrons. The maximum Gasteiger partial charge on any atom is 0.389 e. The molecule has 14 heteroatoms. The van der Waals surface area contributed by atoms with E-state index in [-0.39, 0.29) is 53.6 Å². The largest absolute Gasteiger partial charge is 0.481 e. The fourth-order valence-corrected chi connectivity index (χ4v) is 4.83. The minimum absolute atomic E-state index is 0.0321. The van der Waals surface area contributed by atoms with Crippen molar-refractivity contribution in [1.29, 1.82) is 0 Å². The van der Waals surface area contributed by atoms with Crippen LogP contribution >= 0.6 is 0 Å². The van der Waals surface area contributed by atoms with Gasteiger partial charge in [0.15, 0.2) is 11.5 Å². The number of carbonyl (C=O) groups is 2. The van der Waals surface area contributed by atoms with Crippen LogP contribution in [-0.2, 0) is 28.0 Å². The highest BCUT2D eigenvalue weighted by Crippen LogP contribution is 2.45. The lowest BCUT2D eigenvalue weighted by atomic mass is 9.77. The number of carboxylic acid groups (broad SMARTS) is 1. The zero-order chi connectivity index (χ0) is 28.8. The van der Waals surface area contributed by atoms with Crippen LogP contribution in [0.25, 0.3) is 22.6 Å². The standard InChI is InChI=1S/C26H23F4N7O3/c1-25(14-6-3-13(4-7-14)5-8-17(38)39)18-20(31)33-22(34-21(18)35-24(25)40)19-16-11-15(27)12-32-23(16)37(36-19)10-2-9-26(28,29)30/h3-4,6-7,11-12H,2,5,8-10H2,1H3,(H,38,39)(H3,31,33,34,35,40). The molecule has 1 atom stereocenters. The lowest BCUT2D eigenvalue weighted by molar-refractivity contribution is -0.137. The minimum atomic E-state index is -4.34. The van der Waals surface area contributed by atoms with Crippen molar-refractivity contribution in [3.63, 3.8) is 0 Å². The van der Waals surface area contributed by atoms with Gasteiger partial charge < -0.3 is 16.2 Å². The lowest BCUT2D eigenvalue weighted by Crippen LogP contribution is -2.33. The summed E-state index contributed by atoms with van der Waals surface area (Å²) in [5, 5.41) is 16.1. The number of aryl methyl sites for hydroxylation is 2. The summed E-state index contributed by atoms with van der Waals surface area (Å²) in [6.07, 6.45) is -4.41. The van der Waals surface area contributed by atoms with E-state index in [4.69, 9.17) is 10.8 Å². The van der Waals surface area contributed by atoms with Gasteiger partial charge in [0.05, 0.1) is 17.1 Å². The first kappa shape index (κ1) is 27.0. The van der Waals surface area contributed by atoms with E-state index in [1.807, 2.05) is 0 Å². The number of aromatic nitrogens is 5. The molecule has 208 valence electrons. The summed E-state index contributed by atoms with van der Waals surface area (Å²) >= 11 is 0. The lowest BCUT2D eigenvalue weighted by Gasteiger charge is -2.23. The van der Waals surface area contributed by atoms with Gasteiger partial charge in [-0.3, -0.25) is 9.59 Å². The Balaban J connectivity index is 1.53. The van der Waals surface area contributed by atoms with Crippen LogP contribution in [0.15, 0.2) is 36.5 Å². The molecule has 0 saturated carbocycles. The summed E-state index contributed by atoms with van der Waals surface area (Å²) in [6, 6.07) is 8.03. The highest BCUT2D eigenvalue weighted by molar-refractivity contribution is 6.09. The second-order valence-electron chi connectivity index (χ2n) is 9.64. The maximum atomic E-state index is 14.1. The quantitative estimate of drug-likeness (QED) is 0.273. The molecule has 1 unspecified atom stereocenters. The third-order valence-corrected chi connectivity index (χ3v) is 6.88. The summed E-state index contributed by atoms with van der Waals surface area (Å²) in [6.45, 7) is 1.52. The zero-order valence-electron chi connectivity index (χ0n) is 21.1. The van der Waals surface area contributed by atoms with E-state index in [9.17, 15) is 27.2 Å². The Kier molecular flexibility index (Phi) is 6.64. The van der Waals surface area contributed by atoms with Crippen molar-refractivity contribution in [2.24, 2.45) is 0 Å². The van der Waals surface area contributed by atoms with Gasteiger partial charge in [0.25, 0.3) is 0 Å². The van der Waals surface area contributed by atoms with E-state index >= 15 is 0 Å². The van der Waals surface area contributed by atoms with Crippen molar-refractivity contribution in [3.8, 4) is 11.5 Å². The molecule has 0 fully saturated rings. The van der Waals surface area contributed by atoms with E-state index in [1.54, 1.807) is 31.2 Å². The summed E-state index contributed by atoms with van der Waals surface area (Å²) in [5.74, 6) is -2.01. The first-order valence-electron chi connectivity index (χ1n) is 12.3. The average Bonchev–Trinajstić information content (AvgIpc) is 3.36. The van der Waals surface area contributed by atoms with Crippen LogP contribution in [0.4, 0.5) is 29.2 Å². The fourth-order valence-electron chi connectivity index (χ4n) is 4.83. The minimum Gasteiger partial charge on any atom is -0.481 e. The van der Waals surface area contributed by atoms with E-state index in [0.717, 1.165) is 17.8 Å². The molecule has 1 amide bonds. The van der Waals surface area contributed by atoms with Gasteiger partial charge in [-0.25, -0.2) is 24.0 Å². The molecule has 0 bridgehead atoms. The van der Waals surface area contributed by atoms with Gasteiger partial charge in [-0.1, -0.05) is 24.3 Å². The molecule has 1 aliphatic rings. The van der Waals surface area contributed by atoms with E-state index in [1.165, 1.54) is 4.68 Å². The summed E-state index contributed by atoms with van der Waals surface area (Å²) in [5.41, 5.74) is 6.96. The number of alkyl halides is 3. The Morgan fingerprint density at radius 1 is 1.20 bits per heavy atom. The van der Waals surface area contributed by atoms with Gasteiger partial charge in [-0.15, -0.1) is 0 Å². The predicted octanol–water partition coefficient (Wildman–Crippen LogP) is 4.23. The number of anilines is 2. The number of benzene rings is 1. The highest BCUT2D eigenvalue weighted by Gasteiger charge is 2.47. The van der Waals surface area contributed by atoms with Crippen LogP contribution in [-0.4, -0.2) is 47.9 Å². The van der Waals surface area contributed by atoms with Crippen LogP contribution in [0.5, 0.6) is 0 Å². The molecule has 5 rings (SSSR count). The van der Waals surface area contributed by atoms with Crippen molar-refractivity contribution in [2.45, 2.75) is 50.7 Å². The van der Waals surface area contributed by atoms with Crippen LogP contribution in [0, 0.1) is 5.82 Å². The SMILES string of the molecule is CC1(c2ccc(CCC(=O)O)cc2)C(=O)Nc2nc(-c3nn(CCCC(F)(F)F)c4ncc(F)cc34)nc(N)c21. The van der Waals surface area contributed by atoms with Crippen LogP contribution < -0.4 is 11.1 Å². The second-order valence-corrected chi connectivity index (χ2v) is 9.64. The molecular weight excluding hydrogens is 534 g/mol. The van der Waals surface area contributed by atoms with Gasteiger partial charge in [-0.2, -0.15) is 18.3 Å². The van der Waals surface area contributed by atoms with E-state index < -0.39 is 35.7 Å². The number of aliphatic carboxylic acids is 1. The second kappa shape index (κ2) is 9.84. The molecule has 0 spiro atoms. The number of nitrogens with zero attached hydrogens (tertiary/aromatic N) is 5. The third kappa shape index (κ3) is 4.92. The Hall–Kier alpha value is -4.62. The van der Waals surface area contributed by atoms with E-state index in [0.29, 0.717) is 17.5 Å². The molecule has 4 heterocycles. The number of amides is 1. The van der Waals surface area contributed by atoms with Crippen LogP contribution in [0.2, 0.25) is 0 Å². The first-order valence-corrected chi connectivity index (χ1v) is 12.3. The molecule has 40 heavy (non-hydrogen) atoms. The zero-order valence-corrected chi connectivity index (χ0v) is 21.1. The molecule has 0 saturated heterocycles. The monoisotopic (exact) mass is 557 g/mol. The Bertz CT molecular complexity index is 1640. The topological polar surface area (TPSA) is 149 Å². The summed E-state index contributed by atoms with van der Waals surface area (Å²) in [7, 11) is 0. The predicted molar refractivity (Wildman–Crippen MR) is 136 cm³/mol. The Labute approximate surface area is 224 Å². The van der Waals surface area contributed by atoms with Crippen molar-refractivity contribution in [1.82, 2.24) is 24.7 Å². The Morgan fingerprint density at radius 2 is 1.93 bits per heavy atom. The fraction of sp³-hybridized carbons (Fsp3) is 0.308. The molecule has 4 aromatic rings. The first-order chi connectivity index (χ1) is 18.9. The molecule has 1 aliphatic heterocycles. The van der Waals surface area contributed by atoms with Crippen LogP contribution in [0.1, 0.15) is 42.9 Å². The van der Waals surface area contributed by atoms with Crippen molar-refractivity contribution in [2.75, 3.05) is 11.1 Å². The number of halogens is 4. The maximum absolute atomic E-state index is 14.1.